The van der Waals surface area contributed by atoms with Crippen molar-refractivity contribution in [1.82, 2.24) is 4.90 Å². The molecular weight excluding hydrogens is 524 g/mol. The van der Waals surface area contributed by atoms with Crippen LogP contribution in [0.15, 0.2) is 71.6 Å². The lowest BCUT2D eigenvalue weighted by Crippen LogP contribution is -2.34. The van der Waals surface area contributed by atoms with E-state index in [0.29, 0.717) is 28.4 Å². The first-order valence-corrected chi connectivity index (χ1v) is 14.4. The van der Waals surface area contributed by atoms with E-state index in [1.54, 1.807) is 47.4 Å². The molecule has 0 atom stereocenters. The third kappa shape index (κ3) is 7.20. The Morgan fingerprint density at radius 1 is 0.974 bits per heavy atom. The van der Waals surface area contributed by atoms with Gasteiger partial charge >= 0.3 is 10.1 Å². The lowest BCUT2D eigenvalue weighted by Gasteiger charge is -2.27. The molecule has 0 saturated heterocycles. The lowest BCUT2D eigenvalue weighted by molar-refractivity contribution is 0.0722. The van der Waals surface area contributed by atoms with Crippen LogP contribution in [0.5, 0.6) is 11.5 Å². The number of carbonyl (C=O) groups is 1. The Morgan fingerprint density at radius 3 is 2.21 bits per heavy atom. The molecule has 3 rings (SSSR count). The number of rotatable bonds is 12. The zero-order valence-electron chi connectivity index (χ0n) is 22.5. The number of benzene rings is 3. The molecule has 0 aliphatic carbocycles. The van der Waals surface area contributed by atoms with E-state index in [1.807, 2.05) is 39.8 Å². The van der Waals surface area contributed by atoms with Crippen LogP contribution >= 0.6 is 11.6 Å². The van der Waals surface area contributed by atoms with E-state index in [-0.39, 0.29) is 29.0 Å². The second kappa shape index (κ2) is 13.0. The van der Waals surface area contributed by atoms with E-state index in [1.165, 1.54) is 19.2 Å². The molecule has 0 N–H and O–H groups in total. The Hall–Kier alpha value is -3.23. The zero-order chi connectivity index (χ0) is 27.9. The maximum Gasteiger partial charge on any atom is 0.339 e. The van der Waals surface area contributed by atoms with E-state index < -0.39 is 10.1 Å². The summed E-state index contributed by atoms with van der Waals surface area (Å²) in [5, 5.41) is 0.363. The first-order valence-electron chi connectivity index (χ1n) is 12.6. The standard InChI is InChI=1S/C29H35ClN2O5S/c1-6-31(7-2)23-13-12-22(20-32(19-21(3)4)29(33)26-10-8-9-11-27(26)30)28(18-23)37-38(34,35)25-16-14-24(36-5)15-17-25/h8-18,21H,6-7,19-20H2,1-5H3. The topological polar surface area (TPSA) is 76.2 Å². The van der Waals surface area contributed by atoms with Gasteiger partial charge in [0.15, 0.2) is 0 Å². The van der Waals surface area contributed by atoms with E-state index >= 15 is 0 Å². The Labute approximate surface area is 231 Å². The Balaban J connectivity index is 2.04. The van der Waals surface area contributed by atoms with Crippen molar-refractivity contribution >= 4 is 33.3 Å². The molecule has 1 amide bonds. The minimum Gasteiger partial charge on any atom is -0.497 e. The second-order valence-corrected chi connectivity index (χ2v) is 11.2. The van der Waals surface area contributed by atoms with Gasteiger partial charge in [0.1, 0.15) is 16.4 Å². The van der Waals surface area contributed by atoms with Crippen LogP contribution in [-0.2, 0) is 16.7 Å². The number of anilines is 1. The van der Waals surface area contributed by atoms with Gasteiger partial charge in [0.05, 0.1) is 17.7 Å². The summed E-state index contributed by atoms with van der Waals surface area (Å²) in [5.41, 5.74) is 1.79. The average Bonchev–Trinajstić information content (AvgIpc) is 2.89. The quantitative estimate of drug-likeness (QED) is 0.244. The predicted octanol–water partition coefficient (Wildman–Crippen LogP) is 6.26. The van der Waals surface area contributed by atoms with Gasteiger partial charge in [-0.15, -0.1) is 0 Å². The van der Waals surface area contributed by atoms with Gasteiger partial charge in [-0.3, -0.25) is 4.79 Å². The Morgan fingerprint density at radius 2 is 1.63 bits per heavy atom. The van der Waals surface area contributed by atoms with Crippen LogP contribution in [0.25, 0.3) is 0 Å². The molecule has 0 saturated carbocycles. The van der Waals surface area contributed by atoms with Crippen LogP contribution in [0, 0.1) is 5.92 Å². The first-order chi connectivity index (χ1) is 18.1. The average molecular weight is 559 g/mol. The highest BCUT2D eigenvalue weighted by molar-refractivity contribution is 7.87. The molecule has 7 nitrogen and oxygen atoms in total. The summed E-state index contributed by atoms with van der Waals surface area (Å²) in [6.07, 6.45) is 0. The monoisotopic (exact) mass is 558 g/mol. The van der Waals surface area contributed by atoms with Gasteiger partial charge in [0, 0.05) is 43.5 Å². The van der Waals surface area contributed by atoms with Crippen molar-refractivity contribution in [1.29, 1.82) is 0 Å². The maximum atomic E-state index is 13.5. The summed E-state index contributed by atoms with van der Waals surface area (Å²) in [4.78, 5) is 17.3. The summed E-state index contributed by atoms with van der Waals surface area (Å²) < 4.78 is 37.4. The van der Waals surface area contributed by atoms with E-state index in [4.69, 9.17) is 20.5 Å². The van der Waals surface area contributed by atoms with Gasteiger partial charge in [-0.25, -0.2) is 0 Å². The lowest BCUT2D eigenvalue weighted by atomic mass is 10.1. The van der Waals surface area contributed by atoms with Gasteiger partial charge in [-0.05, 0) is 62.2 Å². The molecule has 0 aliphatic heterocycles. The van der Waals surface area contributed by atoms with Crippen molar-refractivity contribution in [2.75, 3.05) is 31.6 Å². The number of nitrogens with zero attached hydrogens (tertiary/aromatic N) is 2. The number of amides is 1. The molecule has 0 spiro atoms. The van der Waals surface area contributed by atoms with Gasteiger partial charge in [0.2, 0.25) is 0 Å². The molecule has 0 fully saturated rings. The van der Waals surface area contributed by atoms with E-state index in [2.05, 4.69) is 4.90 Å². The number of hydrogen-bond donors (Lipinski definition) is 0. The molecule has 9 heteroatoms. The fraction of sp³-hybridized carbons (Fsp3) is 0.345. The summed E-state index contributed by atoms with van der Waals surface area (Å²) in [6, 6.07) is 18.4. The van der Waals surface area contributed by atoms with Crippen molar-refractivity contribution < 1.29 is 22.1 Å². The number of hydrogen-bond acceptors (Lipinski definition) is 6. The minimum atomic E-state index is -4.15. The van der Waals surface area contributed by atoms with Crippen molar-refractivity contribution in [2.45, 2.75) is 39.1 Å². The molecule has 0 radical (unpaired) electrons. The van der Waals surface area contributed by atoms with Crippen LogP contribution in [-0.4, -0.2) is 46.0 Å². The van der Waals surface area contributed by atoms with Gasteiger partial charge in [0.25, 0.3) is 5.91 Å². The predicted molar refractivity (Wildman–Crippen MR) is 152 cm³/mol. The molecule has 0 unspecified atom stereocenters. The molecule has 204 valence electrons. The van der Waals surface area contributed by atoms with Crippen LogP contribution in [0.1, 0.15) is 43.6 Å². The molecular formula is C29H35ClN2O5S. The smallest absolute Gasteiger partial charge is 0.339 e. The molecule has 3 aromatic rings. The minimum absolute atomic E-state index is 0.00340. The first kappa shape index (κ1) is 29.3. The van der Waals surface area contributed by atoms with E-state index in [9.17, 15) is 13.2 Å². The fourth-order valence-electron chi connectivity index (χ4n) is 4.12. The van der Waals surface area contributed by atoms with Crippen LogP contribution < -0.4 is 13.8 Å². The normalized spacial score (nSPS) is 11.3. The third-order valence-corrected chi connectivity index (χ3v) is 7.64. The molecule has 38 heavy (non-hydrogen) atoms. The van der Waals surface area contributed by atoms with Crippen molar-refractivity contribution in [2.24, 2.45) is 5.92 Å². The summed E-state index contributed by atoms with van der Waals surface area (Å²) in [7, 11) is -2.64. The number of halogens is 1. The fourth-order valence-corrected chi connectivity index (χ4v) is 5.29. The molecule has 0 aromatic heterocycles. The summed E-state index contributed by atoms with van der Waals surface area (Å²) in [6.45, 7) is 10.2. The SMILES string of the molecule is CCN(CC)c1ccc(CN(CC(C)C)C(=O)c2ccccc2Cl)c(OS(=O)(=O)c2ccc(OC)cc2)c1. The number of ether oxygens (including phenoxy) is 1. The maximum absolute atomic E-state index is 13.5. The largest absolute Gasteiger partial charge is 0.497 e. The van der Waals surface area contributed by atoms with Gasteiger partial charge in [-0.2, -0.15) is 8.42 Å². The Kier molecular flexibility index (Phi) is 10.1. The van der Waals surface area contributed by atoms with Crippen molar-refractivity contribution in [3.05, 3.63) is 82.9 Å². The molecule has 3 aromatic carbocycles. The van der Waals surface area contributed by atoms with Crippen molar-refractivity contribution in [3.8, 4) is 11.5 Å². The van der Waals surface area contributed by atoms with Crippen molar-refractivity contribution in [3.63, 3.8) is 0 Å². The van der Waals surface area contributed by atoms with E-state index in [0.717, 1.165) is 18.8 Å². The second-order valence-electron chi connectivity index (χ2n) is 9.24. The van der Waals surface area contributed by atoms with Gasteiger partial charge in [-0.1, -0.05) is 43.6 Å². The zero-order valence-corrected chi connectivity index (χ0v) is 24.1. The Bertz CT molecular complexity index is 1340. The van der Waals surface area contributed by atoms with Crippen LogP contribution in [0.4, 0.5) is 5.69 Å². The molecule has 0 heterocycles. The highest BCUT2D eigenvalue weighted by Gasteiger charge is 2.24. The van der Waals surface area contributed by atoms with Crippen LogP contribution in [0.2, 0.25) is 5.02 Å². The highest BCUT2D eigenvalue weighted by Crippen LogP contribution is 2.31. The van der Waals surface area contributed by atoms with Crippen LogP contribution in [0.3, 0.4) is 0 Å². The molecule has 0 bridgehead atoms. The highest BCUT2D eigenvalue weighted by atomic mass is 35.5. The summed E-state index contributed by atoms with van der Waals surface area (Å²) in [5.74, 6) is 0.645. The molecule has 0 aliphatic rings. The summed E-state index contributed by atoms with van der Waals surface area (Å²) >= 11 is 6.33. The van der Waals surface area contributed by atoms with Gasteiger partial charge < -0.3 is 18.7 Å². The number of carbonyl (C=O) groups excluding carboxylic acids is 1. The third-order valence-electron chi connectivity index (χ3n) is 6.07. The number of methoxy groups -OCH3 is 1.